The molecule has 3 nitrogen and oxygen atoms in total. The first kappa shape index (κ1) is 9.99. The van der Waals surface area contributed by atoms with E-state index in [-0.39, 0.29) is 0 Å². The molecular weight excluding hydrogens is 198 g/mol. The van der Waals surface area contributed by atoms with Crippen molar-refractivity contribution < 1.29 is 0 Å². The normalized spacial score (nSPS) is 22.6. The molecule has 2 rings (SSSR count). The number of rotatable bonds is 1. The van der Waals surface area contributed by atoms with Crippen molar-refractivity contribution in [2.75, 3.05) is 13.1 Å². The predicted molar refractivity (Wildman–Crippen MR) is 57.8 cm³/mol. The number of nitrogens with one attached hydrogen (secondary N) is 1. The molecule has 1 unspecified atom stereocenters. The minimum absolute atomic E-state index is 0.530. The number of aryl methyl sites for hydroxylation is 2. The van der Waals surface area contributed by atoms with Crippen molar-refractivity contribution in [3.63, 3.8) is 0 Å². The average molecular weight is 214 g/mol. The Balaban J connectivity index is 2.29. The maximum atomic E-state index is 6.24. The molecule has 14 heavy (non-hydrogen) atoms. The summed E-state index contributed by atoms with van der Waals surface area (Å²) in [6.45, 7) is 4.12. The second-order valence-corrected chi connectivity index (χ2v) is 4.33. The summed E-state index contributed by atoms with van der Waals surface area (Å²) in [5.74, 6) is 0.530. The quantitative estimate of drug-likeness (QED) is 0.772. The molecule has 0 bridgehead atoms. The van der Waals surface area contributed by atoms with Gasteiger partial charge in [0.15, 0.2) is 0 Å². The molecule has 1 aromatic heterocycles. The molecule has 1 saturated heterocycles. The predicted octanol–water partition coefficient (Wildman–Crippen LogP) is 1.85. The molecule has 4 heteroatoms. The first-order chi connectivity index (χ1) is 6.70. The van der Waals surface area contributed by atoms with Crippen LogP contribution in [0.3, 0.4) is 0 Å². The molecule has 78 valence electrons. The lowest BCUT2D eigenvalue weighted by molar-refractivity contribution is 0.441. The van der Waals surface area contributed by atoms with E-state index in [1.54, 1.807) is 0 Å². The molecule has 0 radical (unpaired) electrons. The number of aromatic nitrogens is 2. The van der Waals surface area contributed by atoms with E-state index in [1.165, 1.54) is 18.5 Å². The van der Waals surface area contributed by atoms with Crippen LogP contribution in [0.25, 0.3) is 0 Å². The molecule has 0 aromatic carbocycles. The van der Waals surface area contributed by atoms with E-state index in [2.05, 4.69) is 10.4 Å². The summed E-state index contributed by atoms with van der Waals surface area (Å²) in [7, 11) is 1.98. The van der Waals surface area contributed by atoms with E-state index >= 15 is 0 Å². The van der Waals surface area contributed by atoms with E-state index in [9.17, 15) is 0 Å². The zero-order chi connectivity index (χ0) is 10.1. The summed E-state index contributed by atoms with van der Waals surface area (Å²) in [5.41, 5.74) is 2.13. The maximum Gasteiger partial charge on any atom is 0.0850 e. The van der Waals surface area contributed by atoms with Gasteiger partial charge in [-0.3, -0.25) is 4.68 Å². The highest BCUT2D eigenvalue weighted by Gasteiger charge is 2.22. The van der Waals surface area contributed by atoms with Crippen LogP contribution in [0.15, 0.2) is 0 Å². The smallest absolute Gasteiger partial charge is 0.0850 e. The Hall–Kier alpha value is -0.540. The third-order valence-electron chi connectivity index (χ3n) is 2.87. The van der Waals surface area contributed by atoms with Crippen molar-refractivity contribution in [2.24, 2.45) is 7.05 Å². The summed E-state index contributed by atoms with van der Waals surface area (Å²) < 4.78 is 1.93. The second kappa shape index (κ2) is 3.91. The number of hydrogen-bond acceptors (Lipinski definition) is 2. The summed E-state index contributed by atoms with van der Waals surface area (Å²) in [6, 6.07) is 0. The number of halogens is 1. The Morgan fingerprint density at radius 1 is 1.57 bits per heavy atom. The molecule has 2 heterocycles. The highest BCUT2D eigenvalue weighted by molar-refractivity contribution is 6.31. The topological polar surface area (TPSA) is 29.9 Å². The van der Waals surface area contributed by atoms with Gasteiger partial charge in [0, 0.05) is 19.5 Å². The fourth-order valence-corrected chi connectivity index (χ4v) is 2.49. The Morgan fingerprint density at radius 2 is 2.36 bits per heavy atom. The minimum Gasteiger partial charge on any atom is -0.316 e. The molecule has 0 amide bonds. The Labute approximate surface area is 89.4 Å². The number of nitrogens with zero attached hydrogens (tertiary/aromatic N) is 2. The van der Waals surface area contributed by atoms with Crippen LogP contribution in [-0.4, -0.2) is 22.9 Å². The second-order valence-electron chi connectivity index (χ2n) is 3.95. The van der Waals surface area contributed by atoms with Crippen LogP contribution in [0.4, 0.5) is 0 Å². The molecule has 0 saturated carbocycles. The third-order valence-corrected chi connectivity index (χ3v) is 3.34. The lowest BCUT2D eigenvalue weighted by atomic mass is 9.96. The summed E-state index contributed by atoms with van der Waals surface area (Å²) >= 11 is 6.24. The lowest BCUT2D eigenvalue weighted by Crippen LogP contribution is -2.29. The van der Waals surface area contributed by atoms with Gasteiger partial charge in [-0.05, 0) is 26.3 Å². The van der Waals surface area contributed by atoms with Gasteiger partial charge in [-0.2, -0.15) is 5.10 Å². The Bertz CT molecular complexity index is 326. The fourth-order valence-electron chi connectivity index (χ4n) is 2.18. The lowest BCUT2D eigenvalue weighted by Gasteiger charge is -2.23. The van der Waals surface area contributed by atoms with Crippen LogP contribution in [0.2, 0.25) is 5.02 Å². The zero-order valence-electron chi connectivity index (χ0n) is 8.68. The monoisotopic (exact) mass is 213 g/mol. The molecular formula is C10H16ClN3. The molecule has 0 spiro atoms. The first-order valence-corrected chi connectivity index (χ1v) is 5.47. The van der Waals surface area contributed by atoms with Crippen LogP contribution in [0.1, 0.15) is 30.1 Å². The van der Waals surface area contributed by atoms with Crippen LogP contribution in [-0.2, 0) is 7.05 Å². The van der Waals surface area contributed by atoms with E-state index < -0.39 is 0 Å². The van der Waals surface area contributed by atoms with E-state index in [1.807, 2.05) is 18.7 Å². The van der Waals surface area contributed by atoms with E-state index in [0.29, 0.717) is 5.92 Å². The first-order valence-electron chi connectivity index (χ1n) is 5.10. The molecule has 0 aliphatic carbocycles. The van der Waals surface area contributed by atoms with Crippen molar-refractivity contribution in [1.82, 2.24) is 15.1 Å². The fraction of sp³-hybridized carbons (Fsp3) is 0.700. The van der Waals surface area contributed by atoms with Crippen molar-refractivity contribution >= 4 is 11.6 Å². The minimum atomic E-state index is 0.530. The van der Waals surface area contributed by atoms with Gasteiger partial charge in [0.1, 0.15) is 0 Å². The average Bonchev–Trinajstić information content (AvgIpc) is 2.43. The largest absolute Gasteiger partial charge is 0.316 e. The Morgan fingerprint density at radius 3 is 2.86 bits per heavy atom. The van der Waals surface area contributed by atoms with Crippen LogP contribution < -0.4 is 5.32 Å². The summed E-state index contributed by atoms with van der Waals surface area (Å²) in [4.78, 5) is 0. The molecule has 1 atom stereocenters. The van der Waals surface area contributed by atoms with Gasteiger partial charge in [0.2, 0.25) is 0 Å². The molecule has 1 fully saturated rings. The highest BCUT2D eigenvalue weighted by Crippen LogP contribution is 2.30. The van der Waals surface area contributed by atoms with Crippen LogP contribution in [0, 0.1) is 6.92 Å². The number of hydrogen-bond donors (Lipinski definition) is 1. The molecule has 1 aliphatic rings. The van der Waals surface area contributed by atoms with E-state index in [4.69, 9.17) is 11.6 Å². The van der Waals surface area contributed by atoms with Gasteiger partial charge >= 0.3 is 0 Å². The summed E-state index contributed by atoms with van der Waals surface area (Å²) in [5, 5.41) is 8.59. The van der Waals surface area contributed by atoms with Gasteiger partial charge in [0.25, 0.3) is 0 Å². The molecule has 1 aliphatic heterocycles. The van der Waals surface area contributed by atoms with Crippen molar-refractivity contribution in [3.05, 3.63) is 16.4 Å². The van der Waals surface area contributed by atoms with Gasteiger partial charge in [-0.1, -0.05) is 11.6 Å². The third kappa shape index (κ3) is 1.66. The number of piperidine rings is 1. The van der Waals surface area contributed by atoms with Crippen molar-refractivity contribution in [1.29, 1.82) is 0 Å². The van der Waals surface area contributed by atoms with Gasteiger partial charge in [-0.25, -0.2) is 0 Å². The standard InChI is InChI=1S/C10H16ClN3/c1-7-9(11)10(14(2)13-7)8-4-3-5-12-6-8/h8,12H,3-6H2,1-2H3. The highest BCUT2D eigenvalue weighted by atomic mass is 35.5. The van der Waals surface area contributed by atoms with Crippen LogP contribution in [0.5, 0.6) is 0 Å². The van der Waals surface area contributed by atoms with Crippen molar-refractivity contribution in [3.8, 4) is 0 Å². The maximum absolute atomic E-state index is 6.24. The van der Waals surface area contributed by atoms with Gasteiger partial charge in [-0.15, -0.1) is 0 Å². The van der Waals surface area contributed by atoms with Gasteiger partial charge < -0.3 is 5.32 Å². The molecule has 1 aromatic rings. The van der Waals surface area contributed by atoms with Crippen molar-refractivity contribution in [2.45, 2.75) is 25.7 Å². The SMILES string of the molecule is Cc1nn(C)c(C2CCCNC2)c1Cl. The van der Waals surface area contributed by atoms with Gasteiger partial charge in [0.05, 0.1) is 16.4 Å². The van der Waals surface area contributed by atoms with E-state index in [0.717, 1.165) is 23.8 Å². The molecule has 1 N–H and O–H groups in total. The zero-order valence-corrected chi connectivity index (χ0v) is 9.43. The summed E-state index contributed by atoms with van der Waals surface area (Å²) in [6.07, 6.45) is 2.44. The Kier molecular flexibility index (Phi) is 2.79. The van der Waals surface area contributed by atoms with Crippen LogP contribution >= 0.6 is 11.6 Å².